The molecule has 0 radical (unpaired) electrons. The number of benzene rings is 2. The summed E-state index contributed by atoms with van der Waals surface area (Å²) < 4.78 is 26.8. The number of hydrogen-bond acceptors (Lipinski definition) is 4. The highest BCUT2D eigenvalue weighted by molar-refractivity contribution is 5.18. The molecule has 6 heteroatoms. The van der Waals surface area contributed by atoms with E-state index in [1.54, 1.807) is 0 Å². The number of nitrogens with zero attached hydrogens (tertiary/aromatic N) is 1. The average molecular weight is 474 g/mol. The number of fused-ring (bicyclic) bond motifs is 5. The van der Waals surface area contributed by atoms with Gasteiger partial charge in [-0.15, -0.1) is 0 Å². The molecule has 4 heterocycles. The summed E-state index contributed by atoms with van der Waals surface area (Å²) in [5, 5.41) is 0. The van der Waals surface area contributed by atoms with Crippen molar-refractivity contribution in [3.8, 4) is 0 Å². The van der Waals surface area contributed by atoms with Gasteiger partial charge in [-0.3, -0.25) is 0 Å². The Morgan fingerprint density at radius 2 is 1.07 bits per heavy atom. The molecule has 5 nitrogen and oxygen atoms in total. The molecule has 2 aromatic carbocycles. The first-order chi connectivity index (χ1) is 14.4. The SMILES string of the molecule is [Br-].c1ccc(C2OC[C@H]3[C@@H](O2)[C@@H]2OC(c4ccccc4)OC[C@@H]2[N+]32CCCC2)cc1. The monoisotopic (exact) mass is 473 g/mol. The van der Waals surface area contributed by atoms with Gasteiger partial charge in [-0.25, -0.2) is 0 Å². The number of halogens is 1. The fraction of sp³-hybridized carbons (Fsp3) is 0.500. The summed E-state index contributed by atoms with van der Waals surface area (Å²) in [6, 6.07) is 21.2. The summed E-state index contributed by atoms with van der Waals surface area (Å²) in [7, 11) is 0. The van der Waals surface area contributed by atoms with Crippen LogP contribution in [0, 0.1) is 0 Å². The quantitative estimate of drug-likeness (QED) is 0.598. The lowest BCUT2D eigenvalue weighted by Gasteiger charge is -2.44. The minimum atomic E-state index is -0.319. The molecular formula is C24H28BrNO4. The molecule has 30 heavy (non-hydrogen) atoms. The zero-order valence-corrected chi connectivity index (χ0v) is 18.5. The molecule has 4 aliphatic rings. The van der Waals surface area contributed by atoms with Crippen molar-refractivity contribution in [1.29, 1.82) is 0 Å². The van der Waals surface area contributed by atoms with Crippen LogP contribution >= 0.6 is 0 Å². The van der Waals surface area contributed by atoms with Crippen LogP contribution in [0.3, 0.4) is 0 Å². The first-order valence-corrected chi connectivity index (χ1v) is 10.9. The van der Waals surface area contributed by atoms with Crippen LogP contribution in [0.1, 0.15) is 36.5 Å². The van der Waals surface area contributed by atoms with E-state index in [0.29, 0.717) is 12.1 Å². The van der Waals surface area contributed by atoms with Crippen LogP contribution in [0.2, 0.25) is 0 Å². The second-order valence-corrected chi connectivity index (χ2v) is 8.75. The van der Waals surface area contributed by atoms with Gasteiger partial charge in [-0.2, -0.15) is 0 Å². The van der Waals surface area contributed by atoms with Crippen LogP contribution in [-0.2, 0) is 18.9 Å². The first-order valence-electron chi connectivity index (χ1n) is 10.9. The maximum Gasteiger partial charge on any atom is 0.184 e. The Hall–Kier alpha value is -1.28. The summed E-state index contributed by atoms with van der Waals surface area (Å²) in [6.45, 7) is 3.79. The molecule has 0 amide bonds. The zero-order chi connectivity index (χ0) is 19.3. The van der Waals surface area contributed by atoms with Gasteiger partial charge in [0.05, 0.1) is 13.1 Å². The predicted octanol–water partition coefficient (Wildman–Crippen LogP) is 0.580. The maximum atomic E-state index is 6.62. The van der Waals surface area contributed by atoms with Crippen molar-refractivity contribution in [1.82, 2.24) is 0 Å². The zero-order valence-electron chi connectivity index (χ0n) is 16.9. The predicted molar refractivity (Wildman–Crippen MR) is 107 cm³/mol. The molecule has 0 bridgehead atoms. The fourth-order valence-electron chi connectivity index (χ4n) is 5.99. The van der Waals surface area contributed by atoms with Crippen LogP contribution in [0.4, 0.5) is 0 Å². The third kappa shape index (κ3) is 3.25. The van der Waals surface area contributed by atoms with E-state index < -0.39 is 0 Å². The summed E-state index contributed by atoms with van der Waals surface area (Å²) in [5.74, 6) is 0. The molecule has 4 aliphatic heterocycles. The molecule has 160 valence electrons. The second kappa shape index (κ2) is 8.34. The Morgan fingerprint density at radius 1 is 0.633 bits per heavy atom. The Labute approximate surface area is 188 Å². The van der Waals surface area contributed by atoms with Crippen LogP contribution in [0.25, 0.3) is 0 Å². The van der Waals surface area contributed by atoms with Crippen LogP contribution in [0.15, 0.2) is 60.7 Å². The van der Waals surface area contributed by atoms with Crippen molar-refractivity contribution in [2.75, 3.05) is 26.3 Å². The Kier molecular flexibility index (Phi) is 5.73. The highest BCUT2D eigenvalue weighted by Gasteiger charge is 2.66. The lowest BCUT2D eigenvalue weighted by molar-refractivity contribution is -0.956. The van der Waals surface area contributed by atoms with Crippen molar-refractivity contribution in [2.45, 2.75) is 49.7 Å². The topological polar surface area (TPSA) is 36.9 Å². The van der Waals surface area contributed by atoms with Crippen LogP contribution in [-0.4, -0.2) is 55.1 Å². The highest BCUT2D eigenvalue weighted by Crippen LogP contribution is 2.48. The largest absolute Gasteiger partial charge is 1.00 e. The minimum Gasteiger partial charge on any atom is -1.00 e. The van der Waals surface area contributed by atoms with Gasteiger partial charge in [0, 0.05) is 24.0 Å². The van der Waals surface area contributed by atoms with E-state index in [1.165, 1.54) is 25.9 Å². The van der Waals surface area contributed by atoms with Crippen LogP contribution < -0.4 is 17.0 Å². The smallest absolute Gasteiger partial charge is 0.184 e. The molecule has 2 unspecified atom stereocenters. The molecule has 0 saturated carbocycles. The molecule has 0 N–H and O–H groups in total. The van der Waals surface area contributed by atoms with E-state index >= 15 is 0 Å². The van der Waals surface area contributed by atoms with Crippen molar-refractivity contribution in [3.05, 3.63) is 71.8 Å². The number of ether oxygens (including phenoxy) is 4. The van der Waals surface area contributed by atoms with Crippen LogP contribution in [0.5, 0.6) is 0 Å². The van der Waals surface area contributed by atoms with E-state index in [-0.39, 0.29) is 41.8 Å². The lowest BCUT2D eigenvalue weighted by atomic mass is 10.0. The normalized spacial score (nSPS) is 36.7. The number of rotatable bonds is 2. The van der Waals surface area contributed by atoms with Gasteiger partial charge in [-0.05, 0) is 0 Å². The highest BCUT2D eigenvalue weighted by atomic mass is 79.9. The molecule has 4 fully saturated rings. The molecule has 2 aromatic rings. The Bertz CT molecular complexity index is 779. The van der Waals surface area contributed by atoms with E-state index in [0.717, 1.165) is 28.8 Å². The summed E-state index contributed by atoms with van der Waals surface area (Å²) in [6.07, 6.45) is 1.95. The van der Waals surface area contributed by atoms with E-state index in [2.05, 4.69) is 24.3 Å². The van der Waals surface area contributed by atoms with Gasteiger partial charge in [0.25, 0.3) is 0 Å². The van der Waals surface area contributed by atoms with Gasteiger partial charge in [0.2, 0.25) is 0 Å². The third-order valence-electron chi connectivity index (χ3n) is 7.34. The average Bonchev–Trinajstić information content (AvgIpc) is 3.39. The molecular weight excluding hydrogens is 446 g/mol. The van der Waals surface area contributed by atoms with E-state index in [4.69, 9.17) is 18.9 Å². The molecule has 1 spiro atoms. The fourth-order valence-corrected chi connectivity index (χ4v) is 5.99. The van der Waals surface area contributed by atoms with Gasteiger partial charge < -0.3 is 40.4 Å². The second-order valence-electron chi connectivity index (χ2n) is 8.75. The first kappa shape index (κ1) is 20.6. The van der Waals surface area contributed by atoms with Gasteiger partial charge in [0.15, 0.2) is 12.6 Å². The van der Waals surface area contributed by atoms with E-state index in [1.807, 2.05) is 36.4 Å². The van der Waals surface area contributed by atoms with E-state index in [9.17, 15) is 0 Å². The minimum absolute atomic E-state index is 0. The molecule has 6 atom stereocenters. The van der Waals surface area contributed by atoms with Crippen molar-refractivity contribution >= 4 is 0 Å². The van der Waals surface area contributed by atoms with Crippen molar-refractivity contribution < 1.29 is 40.4 Å². The molecule has 4 saturated heterocycles. The molecule has 6 rings (SSSR count). The van der Waals surface area contributed by atoms with Gasteiger partial charge in [-0.1, -0.05) is 60.7 Å². The Morgan fingerprint density at radius 3 is 1.50 bits per heavy atom. The lowest BCUT2D eigenvalue weighted by Crippen LogP contribution is -3.00. The number of hydrogen-bond donors (Lipinski definition) is 0. The Balaban J connectivity index is 0.00000193. The number of quaternary nitrogens is 1. The molecule has 0 aromatic heterocycles. The van der Waals surface area contributed by atoms with Crippen molar-refractivity contribution in [3.63, 3.8) is 0 Å². The van der Waals surface area contributed by atoms with Gasteiger partial charge >= 0.3 is 0 Å². The van der Waals surface area contributed by atoms with Gasteiger partial charge in [0.1, 0.15) is 37.5 Å². The summed E-state index contributed by atoms with van der Waals surface area (Å²) in [4.78, 5) is 0. The molecule has 0 aliphatic carbocycles. The maximum absolute atomic E-state index is 6.62. The summed E-state index contributed by atoms with van der Waals surface area (Å²) >= 11 is 0. The third-order valence-corrected chi connectivity index (χ3v) is 7.34. The van der Waals surface area contributed by atoms with Crippen molar-refractivity contribution in [2.24, 2.45) is 0 Å². The standard InChI is InChI=1S/C24H28NO4.BrH/c1-3-9-17(10-4-1)23-26-15-19-21(28-23)22-20(25(19)13-7-8-14-25)16-27-24(29-22)18-11-5-2-6-12-18;/h1-6,9-12,19-24H,7-8,13-16H2;1H/q+1;/p-1/t19-,20-,21+,22+,23?,24?;/m0./s1. The summed E-state index contributed by atoms with van der Waals surface area (Å²) in [5.41, 5.74) is 2.16.